The first-order chi connectivity index (χ1) is 9.94. The number of aliphatic hydroxyl groups excluding tert-OH is 1. The molecule has 0 unspecified atom stereocenters. The number of rotatable bonds is 4. The van der Waals surface area contributed by atoms with E-state index in [1.54, 1.807) is 25.4 Å². The van der Waals surface area contributed by atoms with Gasteiger partial charge in [-0.25, -0.2) is 4.98 Å². The van der Waals surface area contributed by atoms with Crippen LogP contribution in [-0.2, 0) is 12.0 Å². The number of hydrogen-bond acceptors (Lipinski definition) is 4. The molecule has 4 heteroatoms. The molecule has 0 bridgehead atoms. The highest BCUT2D eigenvalue weighted by Gasteiger charge is 2.20. The van der Waals surface area contributed by atoms with Gasteiger partial charge in [-0.2, -0.15) is 0 Å². The smallest absolute Gasteiger partial charge is 0.219 e. The quantitative estimate of drug-likeness (QED) is 0.932. The fraction of sp³-hybridized carbons (Fsp3) is 0.353. The maximum absolute atomic E-state index is 9.03. The van der Waals surface area contributed by atoms with Crippen LogP contribution in [-0.4, -0.2) is 17.2 Å². The zero-order valence-electron chi connectivity index (χ0n) is 12.9. The van der Waals surface area contributed by atoms with Gasteiger partial charge in [0.15, 0.2) is 0 Å². The summed E-state index contributed by atoms with van der Waals surface area (Å²) in [7, 11) is 1.65. The normalized spacial score (nSPS) is 11.3. The second-order valence-electron chi connectivity index (χ2n) is 5.88. The van der Waals surface area contributed by atoms with E-state index in [0.717, 1.165) is 22.6 Å². The topological polar surface area (TPSA) is 51.6 Å². The van der Waals surface area contributed by atoms with Crippen LogP contribution in [0.5, 0.6) is 17.4 Å². The average Bonchev–Trinajstić information content (AvgIpc) is 2.47. The van der Waals surface area contributed by atoms with Crippen molar-refractivity contribution in [3.05, 3.63) is 47.7 Å². The van der Waals surface area contributed by atoms with Crippen LogP contribution in [0.4, 0.5) is 0 Å². The van der Waals surface area contributed by atoms with Crippen LogP contribution in [0.1, 0.15) is 31.9 Å². The molecule has 2 aromatic rings. The van der Waals surface area contributed by atoms with Gasteiger partial charge in [0.1, 0.15) is 11.5 Å². The monoisotopic (exact) mass is 287 g/mol. The molecule has 0 fully saturated rings. The summed E-state index contributed by atoms with van der Waals surface area (Å²) in [6.45, 7) is 6.34. The van der Waals surface area contributed by atoms with Crippen molar-refractivity contribution in [3.63, 3.8) is 0 Å². The number of aliphatic hydroxyl groups is 1. The lowest BCUT2D eigenvalue weighted by molar-refractivity contribution is 0.281. The maximum atomic E-state index is 9.03. The minimum atomic E-state index is -0.0745. The van der Waals surface area contributed by atoms with Crippen molar-refractivity contribution in [2.45, 2.75) is 32.8 Å². The summed E-state index contributed by atoms with van der Waals surface area (Å²) in [6.07, 6.45) is 1.61. The first-order valence-corrected chi connectivity index (χ1v) is 6.86. The average molecular weight is 287 g/mol. The Balaban J connectivity index is 2.34. The third-order valence-corrected chi connectivity index (χ3v) is 3.19. The third-order valence-electron chi connectivity index (χ3n) is 3.19. The van der Waals surface area contributed by atoms with Crippen molar-refractivity contribution in [1.29, 1.82) is 0 Å². The summed E-state index contributed by atoms with van der Waals surface area (Å²) in [6, 6.07) is 9.29. The van der Waals surface area contributed by atoms with Crippen LogP contribution in [0.15, 0.2) is 36.5 Å². The lowest BCUT2D eigenvalue weighted by Gasteiger charge is -2.23. The highest BCUT2D eigenvalue weighted by Crippen LogP contribution is 2.36. The summed E-state index contributed by atoms with van der Waals surface area (Å²) in [5, 5.41) is 9.03. The van der Waals surface area contributed by atoms with Gasteiger partial charge >= 0.3 is 0 Å². The van der Waals surface area contributed by atoms with Crippen molar-refractivity contribution in [1.82, 2.24) is 4.98 Å². The van der Waals surface area contributed by atoms with Crippen LogP contribution in [0.3, 0.4) is 0 Å². The Morgan fingerprint density at radius 3 is 2.43 bits per heavy atom. The minimum Gasteiger partial charge on any atom is -0.497 e. The molecule has 0 aliphatic heterocycles. The predicted molar refractivity (Wildman–Crippen MR) is 81.9 cm³/mol. The lowest BCUT2D eigenvalue weighted by Crippen LogP contribution is -2.13. The molecule has 1 N–H and O–H groups in total. The number of ether oxygens (including phenoxy) is 2. The van der Waals surface area contributed by atoms with Gasteiger partial charge in [-0.1, -0.05) is 20.8 Å². The van der Waals surface area contributed by atoms with Gasteiger partial charge in [0, 0.05) is 17.8 Å². The molecular formula is C17H21NO3. The molecule has 0 saturated heterocycles. The summed E-state index contributed by atoms with van der Waals surface area (Å²) < 4.78 is 11.2. The SMILES string of the molecule is COc1ccc(Oc2ccc(CO)cn2)c(C(C)(C)C)c1. The lowest BCUT2D eigenvalue weighted by atomic mass is 9.86. The van der Waals surface area contributed by atoms with Crippen molar-refractivity contribution >= 4 is 0 Å². The molecule has 1 heterocycles. The second-order valence-corrected chi connectivity index (χ2v) is 5.88. The number of nitrogens with zero attached hydrogens (tertiary/aromatic N) is 1. The van der Waals surface area contributed by atoms with Gasteiger partial charge in [-0.05, 0) is 35.2 Å². The Morgan fingerprint density at radius 1 is 1.14 bits per heavy atom. The summed E-state index contributed by atoms with van der Waals surface area (Å²) >= 11 is 0. The molecule has 4 nitrogen and oxygen atoms in total. The van der Waals surface area contributed by atoms with E-state index in [4.69, 9.17) is 14.6 Å². The van der Waals surface area contributed by atoms with Crippen molar-refractivity contribution < 1.29 is 14.6 Å². The van der Waals surface area contributed by atoms with E-state index in [9.17, 15) is 0 Å². The number of pyridine rings is 1. The molecule has 1 aromatic heterocycles. The van der Waals surface area contributed by atoms with Crippen LogP contribution in [0.25, 0.3) is 0 Å². The molecule has 1 aromatic carbocycles. The second kappa shape index (κ2) is 6.14. The van der Waals surface area contributed by atoms with Gasteiger partial charge in [-0.15, -0.1) is 0 Å². The van der Waals surface area contributed by atoms with E-state index in [1.807, 2.05) is 18.2 Å². The summed E-state index contributed by atoms with van der Waals surface area (Å²) in [5.41, 5.74) is 1.73. The molecule has 0 aliphatic carbocycles. The van der Waals surface area contributed by atoms with Gasteiger partial charge < -0.3 is 14.6 Å². The Bertz CT molecular complexity index is 600. The molecule has 21 heavy (non-hydrogen) atoms. The van der Waals surface area contributed by atoms with E-state index >= 15 is 0 Å². The Hall–Kier alpha value is -2.07. The largest absolute Gasteiger partial charge is 0.497 e. The van der Waals surface area contributed by atoms with Gasteiger partial charge in [-0.3, -0.25) is 0 Å². The maximum Gasteiger partial charge on any atom is 0.219 e. The fourth-order valence-electron chi connectivity index (χ4n) is 1.99. The molecule has 0 saturated carbocycles. The van der Waals surface area contributed by atoms with Crippen LogP contribution in [0.2, 0.25) is 0 Å². The third kappa shape index (κ3) is 3.73. The van der Waals surface area contributed by atoms with Gasteiger partial charge in [0.25, 0.3) is 0 Å². The first-order valence-electron chi connectivity index (χ1n) is 6.86. The highest BCUT2D eigenvalue weighted by atomic mass is 16.5. The van der Waals surface area contributed by atoms with E-state index < -0.39 is 0 Å². The van der Waals surface area contributed by atoms with E-state index in [0.29, 0.717) is 5.88 Å². The summed E-state index contributed by atoms with van der Waals surface area (Å²) in [4.78, 5) is 4.20. The summed E-state index contributed by atoms with van der Waals surface area (Å²) in [5.74, 6) is 2.06. The number of aromatic nitrogens is 1. The Labute approximate surface area is 125 Å². The predicted octanol–water partition coefficient (Wildman–Crippen LogP) is 3.67. The standard InChI is InChI=1S/C17H21NO3/c1-17(2,3)14-9-13(20-4)6-7-15(14)21-16-8-5-12(11-19)10-18-16/h5-10,19H,11H2,1-4H3. The highest BCUT2D eigenvalue weighted by molar-refractivity contribution is 5.45. The van der Waals surface area contributed by atoms with Crippen LogP contribution < -0.4 is 9.47 Å². The number of hydrogen-bond donors (Lipinski definition) is 1. The van der Waals surface area contributed by atoms with E-state index in [-0.39, 0.29) is 12.0 Å². The van der Waals surface area contributed by atoms with Crippen molar-refractivity contribution in [2.75, 3.05) is 7.11 Å². The molecule has 2 rings (SSSR count). The molecule has 0 aliphatic rings. The van der Waals surface area contributed by atoms with Crippen molar-refractivity contribution in [2.24, 2.45) is 0 Å². The van der Waals surface area contributed by atoms with Crippen molar-refractivity contribution in [3.8, 4) is 17.4 Å². The Kier molecular flexibility index (Phi) is 4.48. The number of methoxy groups -OCH3 is 1. The molecule has 0 spiro atoms. The van der Waals surface area contributed by atoms with E-state index in [1.165, 1.54) is 0 Å². The molecule has 0 radical (unpaired) electrons. The first kappa shape index (κ1) is 15.3. The van der Waals surface area contributed by atoms with Gasteiger partial charge in [0.2, 0.25) is 5.88 Å². The van der Waals surface area contributed by atoms with Crippen LogP contribution in [0, 0.1) is 0 Å². The molecule has 0 atom stereocenters. The van der Waals surface area contributed by atoms with E-state index in [2.05, 4.69) is 25.8 Å². The molecule has 112 valence electrons. The van der Waals surface area contributed by atoms with Gasteiger partial charge in [0.05, 0.1) is 13.7 Å². The Morgan fingerprint density at radius 2 is 1.90 bits per heavy atom. The minimum absolute atomic E-state index is 0.0247. The molecular weight excluding hydrogens is 266 g/mol. The van der Waals surface area contributed by atoms with Crippen LogP contribution >= 0.6 is 0 Å². The number of benzene rings is 1. The zero-order chi connectivity index (χ0) is 15.5. The fourth-order valence-corrected chi connectivity index (χ4v) is 1.99. The zero-order valence-corrected chi connectivity index (χ0v) is 12.9. The molecule has 0 amide bonds.